The van der Waals surface area contributed by atoms with Gasteiger partial charge >= 0.3 is 0 Å². The molecule has 0 fully saturated rings. The molecule has 0 atom stereocenters. The minimum Gasteiger partial charge on any atom is -0.497 e. The number of ether oxygens (including phenoxy) is 3. The van der Waals surface area contributed by atoms with Crippen molar-refractivity contribution < 1.29 is 14.2 Å². The monoisotopic (exact) mass is 557 g/mol. The first-order valence-corrected chi connectivity index (χ1v) is 15.3. The van der Waals surface area contributed by atoms with Crippen LogP contribution < -0.4 is 14.2 Å². The van der Waals surface area contributed by atoms with Crippen molar-refractivity contribution in [3.05, 3.63) is 83.7 Å². The first-order chi connectivity index (χ1) is 20.1. The van der Waals surface area contributed by atoms with Crippen molar-refractivity contribution >= 4 is 11.0 Å². The quantitative estimate of drug-likeness (QED) is 0.120. The predicted octanol–water partition coefficient (Wildman–Crippen LogP) is 7.36. The highest BCUT2D eigenvalue weighted by Gasteiger charge is 2.12. The summed E-state index contributed by atoms with van der Waals surface area (Å²) in [4.78, 5) is 7.46. The van der Waals surface area contributed by atoms with Crippen LogP contribution in [0.2, 0.25) is 0 Å². The van der Waals surface area contributed by atoms with E-state index >= 15 is 0 Å². The Morgan fingerprint density at radius 1 is 0.707 bits per heavy atom. The molecular formula is C35H47N3O3. The number of methoxy groups -OCH3 is 1. The maximum absolute atomic E-state index is 6.14. The summed E-state index contributed by atoms with van der Waals surface area (Å²) in [7, 11) is 1.69. The van der Waals surface area contributed by atoms with E-state index < -0.39 is 0 Å². The summed E-state index contributed by atoms with van der Waals surface area (Å²) >= 11 is 0. The van der Waals surface area contributed by atoms with Crippen LogP contribution >= 0.6 is 0 Å². The molecule has 3 aromatic carbocycles. The first kappa shape index (κ1) is 30.4. The van der Waals surface area contributed by atoms with Crippen molar-refractivity contribution in [1.29, 1.82) is 0 Å². The smallest absolute Gasteiger partial charge is 0.121 e. The lowest BCUT2D eigenvalue weighted by molar-refractivity contribution is 0.249. The highest BCUT2D eigenvalue weighted by molar-refractivity contribution is 5.78. The fraction of sp³-hybridized carbons (Fsp3) is 0.457. The van der Waals surface area contributed by atoms with Gasteiger partial charge in [0.15, 0.2) is 0 Å². The minimum absolute atomic E-state index is 0.648. The van der Waals surface area contributed by atoms with E-state index in [2.05, 4.69) is 84.8 Å². The van der Waals surface area contributed by atoms with Gasteiger partial charge in [0, 0.05) is 32.0 Å². The largest absolute Gasteiger partial charge is 0.497 e. The predicted molar refractivity (Wildman–Crippen MR) is 169 cm³/mol. The van der Waals surface area contributed by atoms with Gasteiger partial charge in [-0.25, -0.2) is 4.98 Å². The van der Waals surface area contributed by atoms with Crippen LogP contribution in [0.4, 0.5) is 0 Å². The number of aromatic nitrogens is 2. The lowest BCUT2D eigenvalue weighted by Crippen LogP contribution is -2.25. The van der Waals surface area contributed by atoms with Crippen LogP contribution in [-0.4, -0.2) is 54.4 Å². The van der Waals surface area contributed by atoms with E-state index in [0.717, 1.165) is 99.9 Å². The van der Waals surface area contributed by atoms with E-state index in [1.807, 2.05) is 12.1 Å². The van der Waals surface area contributed by atoms with E-state index in [1.54, 1.807) is 7.11 Å². The van der Waals surface area contributed by atoms with Crippen molar-refractivity contribution in [2.75, 3.05) is 40.0 Å². The zero-order valence-electron chi connectivity index (χ0n) is 25.4. The second-order valence-electron chi connectivity index (χ2n) is 10.5. The van der Waals surface area contributed by atoms with Gasteiger partial charge < -0.3 is 23.7 Å². The number of hydrogen-bond acceptors (Lipinski definition) is 5. The lowest BCUT2D eigenvalue weighted by atomic mass is 10.1. The molecule has 0 N–H and O–H groups in total. The summed E-state index contributed by atoms with van der Waals surface area (Å²) in [5, 5.41) is 0. The third-order valence-corrected chi connectivity index (χ3v) is 7.70. The molecule has 220 valence electrons. The molecule has 4 aromatic rings. The number of rotatable bonds is 18. The molecule has 0 aliphatic rings. The zero-order valence-corrected chi connectivity index (χ0v) is 25.4. The van der Waals surface area contributed by atoms with E-state index in [1.165, 1.54) is 16.6 Å². The van der Waals surface area contributed by atoms with Gasteiger partial charge in [-0.2, -0.15) is 0 Å². The van der Waals surface area contributed by atoms with Gasteiger partial charge in [-0.3, -0.25) is 0 Å². The number of nitrogens with zero attached hydrogens (tertiary/aromatic N) is 3. The average Bonchev–Trinajstić information content (AvgIpc) is 3.36. The zero-order chi connectivity index (χ0) is 28.9. The van der Waals surface area contributed by atoms with Crippen LogP contribution in [0.15, 0.2) is 66.7 Å². The molecule has 1 heterocycles. The normalized spacial score (nSPS) is 11.3. The van der Waals surface area contributed by atoms with Gasteiger partial charge in [-0.1, -0.05) is 51.5 Å². The Balaban J connectivity index is 1.32. The van der Waals surface area contributed by atoms with Crippen LogP contribution in [-0.2, 0) is 25.8 Å². The number of hydrogen-bond donors (Lipinski definition) is 0. The van der Waals surface area contributed by atoms with Gasteiger partial charge in [-0.15, -0.1) is 0 Å². The summed E-state index contributed by atoms with van der Waals surface area (Å²) in [6.07, 6.45) is 6.03. The molecule has 0 saturated carbocycles. The van der Waals surface area contributed by atoms with E-state index in [4.69, 9.17) is 19.2 Å². The average molecular weight is 558 g/mol. The summed E-state index contributed by atoms with van der Waals surface area (Å²) in [6, 6.07) is 23.0. The Kier molecular flexibility index (Phi) is 11.9. The molecule has 6 heteroatoms. The molecule has 0 radical (unpaired) electrons. The highest BCUT2D eigenvalue weighted by atomic mass is 16.5. The van der Waals surface area contributed by atoms with Gasteiger partial charge in [-0.05, 0) is 79.9 Å². The molecular weight excluding hydrogens is 510 g/mol. The number of benzene rings is 3. The second kappa shape index (κ2) is 16.1. The molecule has 0 unspecified atom stereocenters. The van der Waals surface area contributed by atoms with Crippen LogP contribution in [0.3, 0.4) is 0 Å². The standard InChI is InChI=1S/C35H47N3O3/c1-5-8-24-38-34-27-32(40-25-9-23-37(6-2)7-3)19-20-33(34)36-35(38)21-14-28-12-17-31(18-13-28)41-26-22-29-10-15-30(39-4)16-11-29/h10-13,15-20,27H,5-9,14,21-26H2,1-4H3. The number of fused-ring (bicyclic) bond motifs is 1. The van der Waals surface area contributed by atoms with E-state index in [-0.39, 0.29) is 0 Å². The fourth-order valence-electron chi connectivity index (χ4n) is 5.10. The Hall–Kier alpha value is -3.51. The summed E-state index contributed by atoms with van der Waals surface area (Å²) in [5.41, 5.74) is 4.75. The Bertz CT molecular complexity index is 1310. The molecule has 1 aromatic heterocycles. The van der Waals surface area contributed by atoms with Crippen molar-refractivity contribution in [2.45, 2.75) is 65.8 Å². The Morgan fingerprint density at radius 3 is 2.05 bits per heavy atom. The van der Waals surface area contributed by atoms with Crippen LogP contribution in [0.25, 0.3) is 11.0 Å². The maximum atomic E-state index is 6.14. The van der Waals surface area contributed by atoms with E-state index in [9.17, 15) is 0 Å². The lowest BCUT2D eigenvalue weighted by Gasteiger charge is -2.17. The molecule has 0 bridgehead atoms. The Morgan fingerprint density at radius 2 is 1.37 bits per heavy atom. The van der Waals surface area contributed by atoms with Crippen LogP contribution in [0.1, 0.15) is 57.0 Å². The molecule has 41 heavy (non-hydrogen) atoms. The topological polar surface area (TPSA) is 48.8 Å². The number of imidazole rings is 1. The second-order valence-corrected chi connectivity index (χ2v) is 10.5. The molecule has 0 spiro atoms. The maximum Gasteiger partial charge on any atom is 0.121 e. The summed E-state index contributed by atoms with van der Waals surface area (Å²) in [5.74, 6) is 3.86. The van der Waals surface area contributed by atoms with E-state index in [0.29, 0.717) is 6.61 Å². The van der Waals surface area contributed by atoms with Crippen LogP contribution in [0, 0.1) is 0 Å². The number of unbranched alkanes of at least 4 members (excludes halogenated alkanes) is 1. The van der Waals surface area contributed by atoms with Crippen LogP contribution in [0.5, 0.6) is 17.2 Å². The van der Waals surface area contributed by atoms with Gasteiger partial charge in [0.05, 0.1) is 31.4 Å². The third kappa shape index (κ3) is 8.99. The minimum atomic E-state index is 0.648. The Labute approximate surface area is 246 Å². The molecule has 0 aliphatic carbocycles. The van der Waals surface area contributed by atoms with Gasteiger partial charge in [0.25, 0.3) is 0 Å². The van der Waals surface area contributed by atoms with Crippen molar-refractivity contribution in [1.82, 2.24) is 14.5 Å². The fourth-order valence-corrected chi connectivity index (χ4v) is 5.10. The first-order valence-electron chi connectivity index (χ1n) is 15.3. The van der Waals surface area contributed by atoms with Crippen molar-refractivity contribution in [2.24, 2.45) is 0 Å². The van der Waals surface area contributed by atoms with Crippen molar-refractivity contribution in [3.8, 4) is 17.2 Å². The molecule has 0 saturated heterocycles. The summed E-state index contributed by atoms with van der Waals surface area (Å²) in [6.45, 7) is 12.3. The SMILES string of the molecule is CCCCn1c(CCc2ccc(OCCc3ccc(OC)cc3)cc2)nc2ccc(OCCCN(CC)CC)cc21. The molecule has 0 aliphatic heterocycles. The highest BCUT2D eigenvalue weighted by Crippen LogP contribution is 2.24. The molecule has 4 rings (SSSR count). The third-order valence-electron chi connectivity index (χ3n) is 7.70. The van der Waals surface area contributed by atoms with Gasteiger partial charge in [0.2, 0.25) is 0 Å². The molecule has 0 amide bonds. The summed E-state index contributed by atoms with van der Waals surface area (Å²) < 4.78 is 19.8. The van der Waals surface area contributed by atoms with Crippen molar-refractivity contribution in [3.63, 3.8) is 0 Å². The number of aryl methyl sites for hydroxylation is 3. The molecule has 6 nitrogen and oxygen atoms in total. The van der Waals surface area contributed by atoms with Gasteiger partial charge in [0.1, 0.15) is 23.1 Å².